The Balaban J connectivity index is 2.20. The zero-order valence-corrected chi connectivity index (χ0v) is 10.7. The molecule has 0 aliphatic heterocycles. The van der Waals surface area contributed by atoms with Crippen LogP contribution in [0.4, 0.5) is 5.69 Å². The van der Waals surface area contributed by atoms with Crippen molar-refractivity contribution in [2.75, 3.05) is 0 Å². The molecule has 0 bridgehead atoms. The minimum atomic E-state index is 0.0219. The molecule has 0 saturated heterocycles. The summed E-state index contributed by atoms with van der Waals surface area (Å²) in [6, 6.07) is 7.63. The Labute approximate surface area is 111 Å². The molecule has 0 heterocycles. The maximum Gasteiger partial charge on any atom is 0.298 e. The number of benzene rings is 1. The van der Waals surface area contributed by atoms with Crippen LogP contribution in [-0.2, 0) is 6.54 Å². The van der Waals surface area contributed by atoms with E-state index in [0.29, 0.717) is 12.3 Å². The van der Waals surface area contributed by atoms with Crippen LogP contribution in [-0.4, -0.2) is 10.5 Å². The molecule has 1 aliphatic carbocycles. The summed E-state index contributed by atoms with van der Waals surface area (Å²) in [4.78, 5) is 3.21. The summed E-state index contributed by atoms with van der Waals surface area (Å²) in [5, 5.41) is 8.40. The van der Waals surface area contributed by atoms with Crippen molar-refractivity contribution in [3.8, 4) is 0 Å². The van der Waals surface area contributed by atoms with Gasteiger partial charge in [0.25, 0.3) is 5.71 Å². The maximum atomic E-state index is 8.76. The van der Waals surface area contributed by atoms with Crippen molar-refractivity contribution in [2.24, 2.45) is 21.9 Å². The zero-order valence-electron chi connectivity index (χ0n) is 10.7. The normalized spacial score (nSPS) is 18.5. The lowest BCUT2D eigenvalue weighted by Gasteiger charge is -2.05. The Hall–Kier alpha value is -2.36. The van der Waals surface area contributed by atoms with Gasteiger partial charge in [0.15, 0.2) is 0 Å². The Morgan fingerprint density at radius 1 is 1.26 bits per heavy atom. The van der Waals surface area contributed by atoms with Crippen LogP contribution in [0.3, 0.4) is 0 Å². The smallest absolute Gasteiger partial charge is 0.298 e. The first-order valence-corrected chi connectivity index (χ1v) is 6.06. The van der Waals surface area contributed by atoms with Crippen molar-refractivity contribution >= 4 is 11.4 Å². The van der Waals surface area contributed by atoms with Gasteiger partial charge in [0, 0.05) is 12.6 Å². The maximum absolute atomic E-state index is 8.76. The lowest BCUT2D eigenvalue weighted by Crippen LogP contribution is -2.10. The van der Waals surface area contributed by atoms with Gasteiger partial charge in [-0.2, -0.15) is 15.0 Å². The van der Waals surface area contributed by atoms with E-state index in [1.807, 2.05) is 37.3 Å². The molecule has 1 atom stereocenters. The van der Waals surface area contributed by atoms with Gasteiger partial charge in [0.05, 0.1) is 17.3 Å². The fourth-order valence-electron chi connectivity index (χ4n) is 1.80. The van der Waals surface area contributed by atoms with Gasteiger partial charge in [0.1, 0.15) is 0 Å². The predicted molar refractivity (Wildman–Crippen MR) is 73.9 cm³/mol. The lowest BCUT2D eigenvalue weighted by molar-refractivity contribution is -0.00863. The standard InChI is InChI=1S/C14H15N5/c1-10-8-12(6-7-13(10)17-16)18-19-14-5-3-2-4-11(14)9-15/h2-8,10H,9,15H2,1H3. The van der Waals surface area contributed by atoms with Crippen LogP contribution >= 0.6 is 0 Å². The summed E-state index contributed by atoms with van der Waals surface area (Å²) < 4.78 is 0. The third-order valence-electron chi connectivity index (χ3n) is 2.91. The van der Waals surface area contributed by atoms with E-state index in [0.717, 1.165) is 16.9 Å². The minimum absolute atomic E-state index is 0.0219. The summed E-state index contributed by atoms with van der Waals surface area (Å²) in [5.74, 6) is 0.0219. The molecule has 0 fully saturated rings. The Bertz CT molecular complexity index is 606. The third-order valence-corrected chi connectivity index (χ3v) is 2.91. The molecule has 2 rings (SSSR count). The molecule has 1 aliphatic rings. The molecule has 1 aromatic carbocycles. The molecule has 0 spiro atoms. The van der Waals surface area contributed by atoms with Gasteiger partial charge in [-0.25, -0.2) is 0 Å². The van der Waals surface area contributed by atoms with Crippen LogP contribution in [0, 0.1) is 5.92 Å². The molecule has 0 amide bonds. The molecule has 1 unspecified atom stereocenters. The quantitative estimate of drug-likeness (QED) is 0.651. The highest BCUT2D eigenvalue weighted by Crippen LogP contribution is 2.21. The monoisotopic (exact) mass is 253 g/mol. The average Bonchev–Trinajstić information content (AvgIpc) is 2.45. The van der Waals surface area contributed by atoms with Crippen LogP contribution in [0.5, 0.6) is 0 Å². The van der Waals surface area contributed by atoms with Crippen molar-refractivity contribution in [1.82, 2.24) is 0 Å². The largest absolute Gasteiger partial charge is 0.361 e. The van der Waals surface area contributed by atoms with E-state index < -0.39 is 0 Å². The number of hydrogen-bond donors (Lipinski definition) is 1. The number of nitrogens with two attached hydrogens (primary N) is 1. The molecule has 19 heavy (non-hydrogen) atoms. The SMILES string of the molecule is CC1C=C(N=Nc2ccccc2CN)C=CC1=[N+]=[N-]. The topological polar surface area (TPSA) is 87.1 Å². The van der Waals surface area contributed by atoms with Crippen molar-refractivity contribution < 1.29 is 4.79 Å². The molecule has 0 radical (unpaired) electrons. The van der Waals surface area contributed by atoms with Gasteiger partial charge < -0.3 is 11.3 Å². The molecule has 0 saturated carbocycles. The fourth-order valence-corrected chi connectivity index (χ4v) is 1.80. The first-order chi connectivity index (χ1) is 9.24. The van der Waals surface area contributed by atoms with Gasteiger partial charge in [-0.05, 0) is 30.7 Å². The second-order valence-corrected chi connectivity index (χ2v) is 4.27. The number of hydrogen-bond acceptors (Lipinski definition) is 3. The number of azo groups is 1. The van der Waals surface area contributed by atoms with Crippen LogP contribution in [0.15, 0.2) is 58.4 Å². The molecule has 2 N–H and O–H groups in total. The molecule has 1 aromatic rings. The highest BCUT2D eigenvalue weighted by molar-refractivity contribution is 5.94. The van der Waals surface area contributed by atoms with Crippen LogP contribution in [0.25, 0.3) is 5.53 Å². The second kappa shape index (κ2) is 6.00. The highest BCUT2D eigenvalue weighted by Gasteiger charge is 2.17. The van der Waals surface area contributed by atoms with Gasteiger partial charge in [-0.3, -0.25) is 0 Å². The van der Waals surface area contributed by atoms with Crippen molar-refractivity contribution in [3.05, 3.63) is 59.3 Å². The fraction of sp³-hybridized carbons (Fsp3) is 0.214. The molecular formula is C14H15N5. The number of rotatable bonds is 3. The Kier molecular flexibility index (Phi) is 4.13. The molecule has 96 valence electrons. The van der Waals surface area contributed by atoms with E-state index in [-0.39, 0.29) is 5.92 Å². The van der Waals surface area contributed by atoms with Crippen LogP contribution in [0.1, 0.15) is 12.5 Å². The second-order valence-electron chi connectivity index (χ2n) is 4.27. The molecule has 5 heteroatoms. The number of nitrogens with zero attached hydrogens (tertiary/aromatic N) is 4. The van der Waals surface area contributed by atoms with Gasteiger partial charge >= 0.3 is 0 Å². The average molecular weight is 253 g/mol. The predicted octanol–water partition coefficient (Wildman–Crippen LogP) is 2.99. The molecule has 0 aromatic heterocycles. The number of allylic oxidation sites excluding steroid dienone is 3. The van der Waals surface area contributed by atoms with Crippen molar-refractivity contribution in [3.63, 3.8) is 0 Å². The molecule has 5 nitrogen and oxygen atoms in total. The first kappa shape index (κ1) is 13.1. The van der Waals surface area contributed by atoms with Crippen LogP contribution in [0.2, 0.25) is 0 Å². The minimum Gasteiger partial charge on any atom is -0.361 e. The van der Waals surface area contributed by atoms with E-state index >= 15 is 0 Å². The van der Waals surface area contributed by atoms with Crippen molar-refractivity contribution in [1.29, 1.82) is 0 Å². The van der Waals surface area contributed by atoms with E-state index in [1.165, 1.54) is 0 Å². The van der Waals surface area contributed by atoms with E-state index in [4.69, 9.17) is 11.3 Å². The van der Waals surface area contributed by atoms with E-state index in [9.17, 15) is 0 Å². The lowest BCUT2D eigenvalue weighted by atomic mass is 9.99. The van der Waals surface area contributed by atoms with Crippen molar-refractivity contribution in [2.45, 2.75) is 13.5 Å². The van der Waals surface area contributed by atoms with Crippen LogP contribution < -0.4 is 5.73 Å². The highest BCUT2D eigenvalue weighted by atomic mass is 15.1. The summed E-state index contributed by atoms with van der Waals surface area (Å²) >= 11 is 0. The van der Waals surface area contributed by atoms with E-state index in [1.54, 1.807) is 12.2 Å². The molecular weight excluding hydrogens is 238 g/mol. The summed E-state index contributed by atoms with van der Waals surface area (Å²) in [6.07, 6.45) is 5.39. The Morgan fingerprint density at radius 3 is 2.74 bits per heavy atom. The zero-order chi connectivity index (χ0) is 13.7. The summed E-state index contributed by atoms with van der Waals surface area (Å²) in [5.41, 5.74) is 17.5. The van der Waals surface area contributed by atoms with Gasteiger partial charge in [-0.1, -0.05) is 18.2 Å². The van der Waals surface area contributed by atoms with Gasteiger partial charge in [-0.15, -0.1) is 0 Å². The summed E-state index contributed by atoms with van der Waals surface area (Å²) in [6.45, 7) is 2.36. The summed E-state index contributed by atoms with van der Waals surface area (Å²) in [7, 11) is 0. The first-order valence-electron chi connectivity index (χ1n) is 6.06. The third kappa shape index (κ3) is 3.10. The van der Waals surface area contributed by atoms with E-state index in [2.05, 4.69) is 15.0 Å². The van der Waals surface area contributed by atoms with Gasteiger partial charge in [0.2, 0.25) is 0 Å². The Morgan fingerprint density at radius 2 is 2.05 bits per heavy atom.